The first-order valence-electron chi connectivity index (χ1n) is 6.90. The maximum absolute atomic E-state index is 14.2. The summed E-state index contributed by atoms with van der Waals surface area (Å²) in [7, 11) is 0. The molecule has 4 atom stereocenters. The number of alkyl halides is 21. The van der Waals surface area contributed by atoms with Crippen molar-refractivity contribution in [3.63, 3.8) is 0 Å². The predicted octanol–water partition coefficient (Wildman–Crippen LogP) is 7.97. The van der Waals surface area contributed by atoms with Crippen LogP contribution in [0.25, 0.3) is 0 Å². The predicted molar refractivity (Wildman–Crippen MR) is 86.7 cm³/mol. The fourth-order valence-corrected chi connectivity index (χ4v) is 3.19. The van der Waals surface area contributed by atoms with Gasteiger partial charge in [0, 0.05) is 0 Å². The van der Waals surface area contributed by atoms with Gasteiger partial charge in [0.15, 0.2) is 0 Å². The first kappa shape index (κ1) is 34.2. The van der Waals surface area contributed by atoms with E-state index in [1.165, 1.54) is 0 Å². The molecule has 0 saturated heterocycles. The Kier molecular flexibility index (Phi) is 8.64. The summed E-state index contributed by atoms with van der Waals surface area (Å²) >= 11 is 23.3. The van der Waals surface area contributed by atoms with Gasteiger partial charge in [-0.25, -0.2) is 26.7 Å². The molecule has 23 heteroatoms. The van der Waals surface area contributed by atoms with E-state index in [1.54, 1.807) is 0 Å². The lowest BCUT2D eigenvalue weighted by Crippen LogP contribution is -2.76. The van der Waals surface area contributed by atoms with Crippen LogP contribution < -0.4 is 0 Å². The molecular formula is C11HCl6F15O2. The van der Waals surface area contributed by atoms with Gasteiger partial charge in [-0.1, -0.05) is 69.6 Å². The van der Waals surface area contributed by atoms with Crippen LogP contribution in [0.2, 0.25) is 0 Å². The van der Waals surface area contributed by atoms with Crippen molar-refractivity contribution >= 4 is 75.6 Å². The summed E-state index contributed by atoms with van der Waals surface area (Å²) in [6.07, 6.45) is 0. The average molecular weight is 663 g/mol. The smallest absolute Gasteiger partial charge is 0.395 e. The third-order valence-corrected chi connectivity index (χ3v) is 6.15. The van der Waals surface area contributed by atoms with Gasteiger partial charge in [0.2, 0.25) is 0 Å². The number of carbonyl (C=O) groups is 1. The van der Waals surface area contributed by atoms with Gasteiger partial charge in [0.1, 0.15) is 0 Å². The van der Waals surface area contributed by atoms with E-state index < -0.39 is 60.7 Å². The first-order valence-corrected chi connectivity index (χ1v) is 9.16. The third-order valence-electron chi connectivity index (χ3n) is 3.78. The van der Waals surface area contributed by atoms with Crippen LogP contribution in [0.15, 0.2) is 0 Å². The molecule has 1 N–H and O–H groups in total. The maximum atomic E-state index is 14.2. The SMILES string of the molecule is O=C(O)C(F)(F)C(F)(Cl)C(F)(F)C(F)(Cl)C(F)(F)C(F)(Cl)C(F)(F)C(F)(Cl)C(F)(F)C(F)(Cl)Cl. The molecule has 0 saturated carbocycles. The number of rotatable bonds is 10. The summed E-state index contributed by atoms with van der Waals surface area (Å²) in [4.78, 5) is 10.2. The fraction of sp³-hybridized carbons (Fsp3) is 0.909. The van der Waals surface area contributed by atoms with Gasteiger partial charge in [-0.15, -0.1) is 0 Å². The molecule has 204 valence electrons. The molecule has 4 unspecified atom stereocenters. The highest BCUT2D eigenvalue weighted by molar-refractivity contribution is 6.48. The van der Waals surface area contributed by atoms with E-state index >= 15 is 0 Å². The molecule has 0 aliphatic carbocycles. The van der Waals surface area contributed by atoms with E-state index in [0.29, 0.717) is 0 Å². The Balaban J connectivity index is 7.11. The number of hydrogen-bond donors (Lipinski definition) is 1. The van der Waals surface area contributed by atoms with Crippen molar-refractivity contribution in [2.24, 2.45) is 0 Å². The van der Waals surface area contributed by atoms with Crippen molar-refractivity contribution in [2.45, 2.75) is 54.7 Å². The van der Waals surface area contributed by atoms with Crippen LogP contribution in [0.1, 0.15) is 0 Å². The van der Waals surface area contributed by atoms with Gasteiger partial charge in [0.05, 0.1) is 0 Å². The largest absolute Gasteiger partial charge is 0.477 e. The molecule has 0 rings (SSSR count). The molecule has 0 aromatic rings. The quantitative estimate of drug-likeness (QED) is 0.190. The Labute approximate surface area is 206 Å². The van der Waals surface area contributed by atoms with Crippen LogP contribution in [0.5, 0.6) is 0 Å². The highest BCUT2D eigenvalue weighted by atomic mass is 35.5. The summed E-state index contributed by atoms with van der Waals surface area (Å²) in [5.41, 5.74) is 0. The van der Waals surface area contributed by atoms with E-state index in [1.807, 2.05) is 0 Å². The van der Waals surface area contributed by atoms with Crippen molar-refractivity contribution in [3.05, 3.63) is 0 Å². The van der Waals surface area contributed by atoms with Gasteiger partial charge in [0.25, 0.3) is 0 Å². The highest BCUT2D eigenvalue weighted by Gasteiger charge is 2.94. The molecule has 2 nitrogen and oxygen atoms in total. The van der Waals surface area contributed by atoms with Crippen LogP contribution in [0.4, 0.5) is 65.9 Å². The Morgan fingerprint density at radius 3 is 0.853 bits per heavy atom. The highest BCUT2D eigenvalue weighted by Crippen LogP contribution is 2.68. The van der Waals surface area contributed by atoms with E-state index in [-0.39, 0.29) is 0 Å². The van der Waals surface area contributed by atoms with Crippen molar-refractivity contribution in [3.8, 4) is 0 Å². The second kappa shape index (κ2) is 8.60. The molecule has 0 bridgehead atoms. The molecule has 0 fully saturated rings. The number of carboxylic acids is 1. The Bertz CT molecular complexity index is 807. The minimum absolute atomic E-state index is 3.81. The lowest BCUT2D eigenvalue weighted by Gasteiger charge is -2.47. The maximum Gasteiger partial charge on any atom is 0.395 e. The molecule has 0 amide bonds. The zero-order chi connectivity index (χ0) is 28.6. The van der Waals surface area contributed by atoms with Crippen LogP contribution >= 0.6 is 69.6 Å². The molecule has 0 spiro atoms. The normalized spacial score (nSPS) is 22.3. The molecule has 34 heavy (non-hydrogen) atoms. The molecule has 0 aliphatic heterocycles. The van der Waals surface area contributed by atoms with Crippen LogP contribution in [0.3, 0.4) is 0 Å². The molecule has 0 aliphatic rings. The molecule has 0 radical (unpaired) electrons. The summed E-state index contributed by atoms with van der Waals surface area (Å²) in [5.74, 6) is -41.2. The van der Waals surface area contributed by atoms with E-state index in [9.17, 15) is 70.7 Å². The lowest BCUT2D eigenvalue weighted by atomic mass is 9.89. The van der Waals surface area contributed by atoms with Crippen LogP contribution in [0, 0.1) is 0 Å². The number of aliphatic carboxylic acids is 1. The van der Waals surface area contributed by atoms with Crippen molar-refractivity contribution in [2.75, 3.05) is 0 Å². The Morgan fingerprint density at radius 2 is 0.647 bits per heavy atom. The second-order valence-electron chi connectivity index (χ2n) is 5.97. The van der Waals surface area contributed by atoms with E-state index in [4.69, 9.17) is 5.11 Å². The van der Waals surface area contributed by atoms with Gasteiger partial charge in [-0.05, 0) is 0 Å². The first-order chi connectivity index (χ1) is 14.2. The summed E-state index contributed by atoms with van der Waals surface area (Å²) in [5, 5.41) is -21.0. The van der Waals surface area contributed by atoms with Gasteiger partial charge >= 0.3 is 60.7 Å². The van der Waals surface area contributed by atoms with Crippen LogP contribution in [-0.4, -0.2) is 65.8 Å². The summed E-state index contributed by atoms with van der Waals surface area (Å²) in [6.45, 7) is 0. The second-order valence-corrected chi connectivity index (χ2v) is 9.29. The number of halogens is 21. The van der Waals surface area contributed by atoms with Crippen molar-refractivity contribution in [1.82, 2.24) is 0 Å². The van der Waals surface area contributed by atoms with Crippen LogP contribution in [-0.2, 0) is 4.79 Å². The Hall–Kier alpha value is 0.160. The Morgan fingerprint density at radius 1 is 0.441 bits per heavy atom. The molecule has 0 aromatic carbocycles. The summed E-state index contributed by atoms with van der Waals surface area (Å²) < 4.78 is 201. The van der Waals surface area contributed by atoms with Gasteiger partial charge < -0.3 is 5.11 Å². The fourth-order valence-electron chi connectivity index (χ4n) is 1.69. The number of carboxylic acid groups (broad SMARTS) is 1. The standard InChI is InChI=1S/C11HCl6F15O2/c12-3(20,2(18,19)1(33)34)7(24,25)4(13,21)8(26,27)5(14,22)9(28,29)6(15,23)10(30,31)11(16,17)32/h(H,33,34). The summed E-state index contributed by atoms with van der Waals surface area (Å²) in [6, 6.07) is 0. The lowest BCUT2D eigenvalue weighted by molar-refractivity contribution is -0.334. The monoisotopic (exact) mass is 660 g/mol. The topological polar surface area (TPSA) is 37.3 Å². The molecule has 0 aromatic heterocycles. The van der Waals surface area contributed by atoms with Gasteiger partial charge in [-0.2, -0.15) is 43.9 Å². The molecular weight excluding hydrogens is 662 g/mol. The van der Waals surface area contributed by atoms with E-state index in [2.05, 4.69) is 69.6 Å². The molecule has 0 heterocycles. The van der Waals surface area contributed by atoms with E-state index in [0.717, 1.165) is 0 Å². The minimum atomic E-state index is -7.95. The third kappa shape index (κ3) is 4.11. The zero-order valence-corrected chi connectivity index (χ0v) is 18.8. The average Bonchev–Trinajstić information content (AvgIpc) is 2.58. The number of hydrogen-bond acceptors (Lipinski definition) is 1. The van der Waals surface area contributed by atoms with Crippen molar-refractivity contribution < 1.29 is 75.8 Å². The van der Waals surface area contributed by atoms with Crippen molar-refractivity contribution in [1.29, 1.82) is 0 Å². The van der Waals surface area contributed by atoms with Gasteiger partial charge in [-0.3, -0.25) is 0 Å². The minimum Gasteiger partial charge on any atom is -0.477 e. The zero-order valence-electron chi connectivity index (χ0n) is 14.3.